The van der Waals surface area contributed by atoms with Crippen LogP contribution >= 0.6 is 11.3 Å². The van der Waals surface area contributed by atoms with E-state index in [0.29, 0.717) is 0 Å². The van der Waals surface area contributed by atoms with Crippen LogP contribution in [0.25, 0.3) is 0 Å². The molecule has 1 aromatic heterocycles. The second-order valence-electron chi connectivity index (χ2n) is 4.79. The second-order valence-corrected chi connectivity index (χ2v) is 5.77. The molecule has 0 radical (unpaired) electrons. The van der Waals surface area contributed by atoms with Gasteiger partial charge in [-0.1, -0.05) is 6.07 Å². The van der Waals surface area contributed by atoms with Gasteiger partial charge in [0.2, 0.25) is 5.91 Å². The van der Waals surface area contributed by atoms with Gasteiger partial charge in [-0.15, -0.1) is 11.3 Å². The third kappa shape index (κ3) is 3.62. The molecule has 0 aliphatic carbocycles. The zero-order valence-corrected chi connectivity index (χ0v) is 13.8. The molecule has 2 aromatic rings. The number of carboxylic acid groups (broad SMARTS) is 1. The van der Waals surface area contributed by atoms with Crippen molar-refractivity contribution in [1.82, 2.24) is 0 Å². The molecule has 6 nitrogen and oxygen atoms in total. The van der Waals surface area contributed by atoms with Crippen LogP contribution in [0.4, 0.5) is 5.69 Å². The minimum absolute atomic E-state index is 0.00160. The quantitative estimate of drug-likeness (QED) is 0.847. The number of amides is 1. The van der Waals surface area contributed by atoms with Gasteiger partial charge in [-0.05, 0) is 30.5 Å². The molecular weight excluding hydrogens is 318 g/mol. The summed E-state index contributed by atoms with van der Waals surface area (Å²) in [4.78, 5) is 24.6. The Labute approximate surface area is 137 Å². The molecule has 2 N–H and O–H groups in total. The number of nitrogens with one attached hydrogen (secondary N) is 1. The Kier molecular flexibility index (Phi) is 5.23. The number of aromatic carboxylic acids is 1. The van der Waals surface area contributed by atoms with E-state index in [1.165, 1.54) is 37.7 Å². The molecule has 7 heteroatoms. The molecule has 0 aliphatic heterocycles. The number of ether oxygens (including phenoxy) is 2. The fourth-order valence-electron chi connectivity index (χ4n) is 2.09. The van der Waals surface area contributed by atoms with Crippen LogP contribution in [0, 0.1) is 0 Å². The predicted octanol–water partition coefficient (Wildman–Crippen LogP) is 3.21. The number of carbonyl (C=O) groups excluding carboxylic acids is 1. The number of hydrogen-bond donors (Lipinski definition) is 2. The average Bonchev–Trinajstić information content (AvgIpc) is 3.07. The molecule has 0 bridgehead atoms. The number of thiophene rings is 1. The molecule has 0 unspecified atom stereocenters. The lowest BCUT2D eigenvalue weighted by molar-refractivity contribution is -0.117. The van der Waals surface area contributed by atoms with Crippen molar-refractivity contribution in [2.24, 2.45) is 0 Å². The van der Waals surface area contributed by atoms with E-state index in [1.807, 2.05) is 17.5 Å². The molecule has 122 valence electrons. The zero-order valence-electron chi connectivity index (χ0n) is 13.0. The van der Waals surface area contributed by atoms with Gasteiger partial charge in [0.05, 0.1) is 31.4 Å². The van der Waals surface area contributed by atoms with Crippen LogP contribution < -0.4 is 14.8 Å². The van der Waals surface area contributed by atoms with Crippen molar-refractivity contribution in [3.05, 3.63) is 40.1 Å². The van der Waals surface area contributed by atoms with Crippen LogP contribution in [0.15, 0.2) is 29.6 Å². The summed E-state index contributed by atoms with van der Waals surface area (Å²) in [5, 5.41) is 13.8. The van der Waals surface area contributed by atoms with Crippen molar-refractivity contribution in [3.8, 4) is 11.5 Å². The second kappa shape index (κ2) is 7.15. The van der Waals surface area contributed by atoms with Crippen molar-refractivity contribution in [2.45, 2.75) is 12.8 Å². The van der Waals surface area contributed by atoms with Gasteiger partial charge in [0.15, 0.2) is 11.5 Å². The van der Waals surface area contributed by atoms with Crippen LogP contribution in [-0.2, 0) is 4.79 Å². The van der Waals surface area contributed by atoms with Crippen LogP contribution in [0.3, 0.4) is 0 Å². The summed E-state index contributed by atoms with van der Waals surface area (Å²) >= 11 is 1.48. The standard InChI is InChI=1S/C16H17NO5S/c1-9(13-5-4-6-23-13)15(18)17-11-7-10(16(19)20)8-12(21-2)14(11)22-3/h4-9H,1-3H3,(H,17,18)(H,19,20)/t9-/m0/s1. The highest BCUT2D eigenvalue weighted by Crippen LogP contribution is 2.37. The van der Waals surface area contributed by atoms with Crippen LogP contribution in [0.5, 0.6) is 11.5 Å². The van der Waals surface area contributed by atoms with E-state index in [4.69, 9.17) is 9.47 Å². The topological polar surface area (TPSA) is 84.9 Å². The first-order valence-corrected chi connectivity index (χ1v) is 7.69. The number of rotatable bonds is 6. The van der Waals surface area contributed by atoms with Gasteiger partial charge >= 0.3 is 5.97 Å². The van der Waals surface area contributed by atoms with Crippen molar-refractivity contribution >= 4 is 28.9 Å². The Morgan fingerprint density at radius 2 is 2.00 bits per heavy atom. The molecule has 0 saturated carbocycles. The summed E-state index contributed by atoms with van der Waals surface area (Å²) in [5.41, 5.74) is 0.263. The Morgan fingerprint density at radius 3 is 2.52 bits per heavy atom. The smallest absolute Gasteiger partial charge is 0.335 e. The van der Waals surface area contributed by atoms with E-state index in [2.05, 4.69) is 5.32 Å². The van der Waals surface area contributed by atoms with Crippen LogP contribution in [0.2, 0.25) is 0 Å². The Hall–Kier alpha value is -2.54. The molecule has 1 amide bonds. The summed E-state index contributed by atoms with van der Waals surface area (Å²) in [7, 11) is 2.83. The van der Waals surface area contributed by atoms with Crippen molar-refractivity contribution in [1.29, 1.82) is 0 Å². The van der Waals surface area contributed by atoms with Crippen molar-refractivity contribution < 1.29 is 24.2 Å². The molecule has 1 heterocycles. The SMILES string of the molecule is COc1cc(C(=O)O)cc(NC(=O)[C@@H](C)c2cccs2)c1OC. The highest BCUT2D eigenvalue weighted by molar-refractivity contribution is 7.10. The molecular formula is C16H17NO5S. The molecule has 0 fully saturated rings. The van der Waals surface area contributed by atoms with Gasteiger partial charge in [0, 0.05) is 4.88 Å². The number of anilines is 1. The molecule has 2 rings (SSSR count). The largest absolute Gasteiger partial charge is 0.493 e. The highest BCUT2D eigenvalue weighted by atomic mass is 32.1. The lowest BCUT2D eigenvalue weighted by Crippen LogP contribution is -2.19. The van der Waals surface area contributed by atoms with E-state index >= 15 is 0 Å². The maximum Gasteiger partial charge on any atom is 0.335 e. The number of carbonyl (C=O) groups is 2. The van der Waals surface area contributed by atoms with Gasteiger partial charge in [-0.2, -0.15) is 0 Å². The van der Waals surface area contributed by atoms with Gasteiger partial charge in [0.1, 0.15) is 0 Å². The molecule has 0 aliphatic rings. The Balaban J connectivity index is 2.35. The summed E-state index contributed by atoms with van der Waals surface area (Å²) in [6.07, 6.45) is 0. The average molecular weight is 335 g/mol. The summed E-state index contributed by atoms with van der Waals surface area (Å²) in [5.74, 6) is -1.21. The van der Waals surface area contributed by atoms with Crippen LogP contribution in [0.1, 0.15) is 28.1 Å². The fourth-order valence-corrected chi connectivity index (χ4v) is 2.87. The number of hydrogen-bond acceptors (Lipinski definition) is 5. The molecule has 1 aromatic carbocycles. The minimum Gasteiger partial charge on any atom is -0.493 e. The molecule has 1 atom stereocenters. The summed E-state index contributed by atoms with van der Waals surface area (Å²) in [6, 6.07) is 6.45. The molecule has 0 saturated heterocycles. The summed E-state index contributed by atoms with van der Waals surface area (Å²) in [6.45, 7) is 1.78. The summed E-state index contributed by atoms with van der Waals surface area (Å²) < 4.78 is 10.4. The van der Waals surface area contributed by atoms with Crippen molar-refractivity contribution in [3.63, 3.8) is 0 Å². The maximum absolute atomic E-state index is 12.4. The molecule has 0 spiro atoms. The lowest BCUT2D eigenvalue weighted by atomic mass is 10.1. The fraction of sp³-hybridized carbons (Fsp3) is 0.250. The zero-order chi connectivity index (χ0) is 17.0. The van der Waals surface area contributed by atoms with E-state index in [9.17, 15) is 14.7 Å². The van der Waals surface area contributed by atoms with Crippen LogP contribution in [-0.4, -0.2) is 31.2 Å². The normalized spacial score (nSPS) is 11.6. The van der Waals surface area contributed by atoms with E-state index < -0.39 is 5.97 Å². The highest BCUT2D eigenvalue weighted by Gasteiger charge is 2.21. The number of benzene rings is 1. The Bertz CT molecular complexity index is 712. The lowest BCUT2D eigenvalue weighted by Gasteiger charge is -2.16. The predicted molar refractivity (Wildman–Crippen MR) is 87.9 cm³/mol. The molecule has 23 heavy (non-hydrogen) atoms. The third-order valence-electron chi connectivity index (χ3n) is 3.35. The minimum atomic E-state index is -1.12. The van der Waals surface area contributed by atoms with Gasteiger partial charge in [-0.25, -0.2) is 4.79 Å². The third-order valence-corrected chi connectivity index (χ3v) is 4.40. The van der Waals surface area contributed by atoms with Gasteiger partial charge < -0.3 is 19.9 Å². The maximum atomic E-state index is 12.4. The Morgan fingerprint density at radius 1 is 1.26 bits per heavy atom. The number of methoxy groups -OCH3 is 2. The monoisotopic (exact) mass is 335 g/mol. The first-order chi connectivity index (χ1) is 11.0. The first-order valence-electron chi connectivity index (χ1n) is 6.81. The van der Waals surface area contributed by atoms with E-state index in [-0.39, 0.29) is 34.6 Å². The van der Waals surface area contributed by atoms with Crippen molar-refractivity contribution in [2.75, 3.05) is 19.5 Å². The van der Waals surface area contributed by atoms with E-state index in [1.54, 1.807) is 6.92 Å². The van der Waals surface area contributed by atoms with E-state index in [0.717, 1.165) is 4.88 Å². The van der Waals surface area contributed by atoms with Gasteiger partial charge in [-0.3, -0.25) is 4.79 Å². The first kappa shape index (κ1) is 16.8. The van der Waals surface area contributed by atoms with Gasteiger partial charge in [0.25, 0.3) is 0 Å². The number of carboxylic acids is 1.